The predicted molar refractivity (Wildman–Crippen MR) is 109 cm³/mol. The van der Waals surface area contributed by atoms with Gasteiger partial charge >= 0.3 is 0 Å². The summed E-state index contributed by atoms with van der Waals surface area (Å²) in [7, 11) is 0. The van der Waals surface area contributed by atoms with Crippen LogP contribution >= 0.6 is 0 Å². The molecule has 3 N–H and O–H groups in total. The van der Waals surface area contributed by atoms with Crippen LogP contribution in [0.3, 0.4) is 0 Å². The summed E-state index contributed by atoms with van der Waals surface area (Å²) in [5.41, 5.74) is 10.7. The van der Waals surface area contributed by atoms with Crippen molar-refractivity contribution in [2.45, 2.75) is 52.2 Å². The maximum absolute atomic E-state index is 12.4. The van der Waals surface area contributed by atoms with Crippen molar-refractivity contribution in [2.75, 3.05) is 13.2 Å². The zero-order valence-electron chi connectivity index (χ0n) is 16.6. The number of hydrogen-bond acceptors (Lipinski definition) is 4. The van der Waals surface area contributed by atoms with E-state index < -0.39 is 5.54 Å². The van der Waals surface area contributed by atoms with Crippen molar-refractivity contribution in [1.82, 2.24) is 0 Å². The van der Waals surface area contributed by atoms with Crippen molar-refractivity contribution in [3.05, 3.63) is 70.3 Å². The Hall–Kier alpha value is -2.01. The van der Waals surface area contributed by atoms with Gasteiger partial charge in [-0.25, -0.2) is 0 Å². The second-order valence-corrected chi connectivity index (χ2v) is 7.70. The SMILES string of the molecule is Cc1ccc(CCCC(=O)c2ccc(COCC(C)(N)CO)cc2)cc1C. The molecule has 4 heteroatoms. The number of benzene rings is 2. The maximum atomic E-state index is 12.4. The minimum atomic E-state index is -0.730. The summed E-state index contributed by atoms with van der Waals surface area (Å²) < 4.78 is 5.54. The van der Waals surface area contributed by atoms with E-state index in [1.165, 1.54) is 16.7 Å². The number of aliphatic hydroxyl groups is 1. The van der Waals surface area contributed by atoms with Crippen molar-refractivity contribution in [3.63, 3.8) is 0 Å². The molecule has 0 amide bonds. The van der Waals surface area contributed by atoms with E-state index in [1.54, 1.807) is 6.92 Å². The molecule has 0 fully saturated rings. The van der Waals surface area contributed by atoms with E-state index in [4.69, 9.17) is 15.6 Å². The molecule has 0 saturated carbocycles. The number of rotatable bonds is 10. The number of ketones is 1. The molecular weight excluding hydrogens is 338 g/mol. The highest BCUT2D eigenvalue weighted by molar-refractivity contribution is 5.96. The van der Waals surface area contributed by atoms with E-state index in [0.717, 1.165) is 24.0 Å². The summed E-state index contributed by atoms with van der Waals surface area (Å²) in [6.07, 6.45) is 2.31. The zero-order chi connectivity index (χ0) is 19.9. The fraction of sp³-hybridized carbons (Fsp3) is 0.435. The Balaban J connectivity index is 1.78. The number of aliphatic hydroxyl groups excluding tert-OH is 1. The Bertz CT molecular complexity index is 751. The summed E-state index contributed by atoms with van der Waals surface area (Å²) in [6, 6.07) is 14.0. The van der Waals surface area contributed by atoms with E-state index >= 15 is 0 Å². The van der Waals surface area contributed by atoms with Gasteiger partial charge in [0.05, 0.1) is 25.4 Å². The Morgan fingerprint density at radius 2 is 1.74 bits per heavy atom. The molecule has 0 saturated heterocycles. The normalized spacial score (nSPS) is 13.4. The van der Waals surface area contributed by atoms with Gasteiger partial charge in [0.15, 0.2) is 5.78 Å². The van der Waals surface area contributed by atoms with E-state index in [2.05, 4.69) is 32.0 Å². The number of nitrogens with two attached hydrogens (primary N) is 1. The Labute approximate surface area is 162 Å². The first-order valence-electron chi connectivity index (χ1n) is 9.46. The molecule has 146 valence electrons. The summed E-state index contributed by atoms with van der Waals surface area (Å²) in [4.78, 5) is 12.4. The quantitative estimate of drug-likeness (QED) is 0.626. The fourth-order valence-electron chi connectivity index (χ4n) is 2.79. The molecule has 4 nitrogen and oxygen atoms in total. The number of carbonyl (C=O) groups excluding carboxylic acids is 1. The number of hydrogen-bond donors (Lipinski definition) is 2. The lowest BCUT2D eigenvalue weighted by Crippen LogP contribution is -2.44. The topological polar surface area (TPSA) is 72.5 Å². The largest absolute Gasteiger partial charge is 0.394 e. The third kappa shape index (κ3) is 6.90. The van der Waals surface area contributed by atoms with E-state index in [-0.39, 0.29) is 19.0 Å². The Morgan fingerprint density at radius 3 is 2.37 bits per heavy atom. The number of Topliss-reactive ketones (excluding diaryl/α,β-unsaturated/α-hetero) is 1. The fourth-order valence-corrected chi connectivity index (χ4v) is 2.79. The van der Waals surface area contributed by atoms with Gasteiger partial charge in [0.1, 0.15) is 0 Å². The molecule has 0 bridgehead atoms. The van der Waals surface area contributed by atoms with E-state index in [0.29, 0.717) is 13.0 Å². The highest BCUT2D eigenvalue weighted by atomic mass is 16.5. The molecule has 0 spiro atoms. The first kappa shape index (κ1) is 21.3. The number of carbonyl (C=O) groups is 1. The summed E-state index contributed by atoms with van der Waals surface area (Å²) in [5, 5.41) is 9.12. The highest BCUT2D eigenvalue weighted by Crippen LogP contribution is 2.14. The van der Waals surface area contributed by atoms with Gasteiger partial charge in [-0.15, -0.1) is 0 Å². The molecule has 0 aliphatic rings. The molecule has 0 radical (unpaired) electrons. The van der Waals surface area contributed by atoms with Crippen LogP contribution in [-0.2, 0) is 17.8 Å². The average molecular weight is 370 g/mol. The van der Waals surface area contributed by atoms with Gasteiger partial charge < -0.3 is 15.6 Å². The van der Waals surface area contributed by atoms with Gasteiger partial charge in [-0.1, -0.05) is 42.5 Å². The molecular formula is C23H31NO3. The lowest BCUT2D eigenvalue weighted by atomic mass is 9.99. The predicted octanol–water partition coefficient (Wildman–Crippen LogP) is 3.74. The lowest BCUT2D eigenvalue weighted by molar-refractivity contribution is 0.0535. The van der Waals surface area contributed by atoms with Crippen LogP contribution in [0.15, 0.2) is 42.5 Å². The van der Waals surface area contributed by atoms with Crippen molar-refractivity contribution < 1.29 is 14.6 Å². The third-order valence-corrected chi connectivity index (χ3v) is 4.78. The average Bonchev–Trinajstić information content (AvgIpc) is 2.65. The summed E-state index contributed by atoms with van der Waals surface area (Å²) in [6.45, 7) is 6.54. The van der Waals surface area contributed by atoms with Crippen LogP contribution in [0.2, 0.25) is 0 Å². The minimum Gasteiger partial charge on any atom is -0.394 e. The number of ether oxygens (including phenoxy) is 1. The van der Waals surface area contributed by atoms with Crippen LogP contribution in [0, 0.1) is 13.8 Å². The van der Waals surface area contributed by atoms with Gasteiger partial charge in [-0.05, 0) is 55.9 Å². The van der Waals surface area contributed by atoms with Crippen molar-refractivity contribution in [1.29, 1.82) is 0 Å². The second kappa shape index (κ2) is 9.79. The van der Waals surface area contributed by atoms with E-state index in [9.17, 15) is 4.79 Å². The van der Waals surface area contributed by atoms with E-state index in [1.807, 2.05) is 24.3 Å². The summed E-state index contributed by atoms with van der Waals surface area (Å²) in [5.74, 6) is 0.168. The molecule has 0 aromatic heterocycles. The molecule has 0 heterocycles. The molecule has 1 unspecified atom stereocenters. The standard InChI is InChI=1S/C23H31NO3/c1-17-7-8-19(13-18(17)2)5-4-6-22(26)21-11-9-20(10-12-21)14-27-16-23(3,24)15-25/h7-13,25H,4-6,14-16,24H2,1-3H3. The van der Waals surface area contributed by atoms with Gasteiger partial charge in [-0.2, -0.15) is 0 Å². The first-order valence-corrected chi connectivity index (χ1v) is 9.46. The van der Waals surface area contributed by atoms with Crippen LogP contribution in [0.5, 0.6) is 0 Å². The van der Waals surface area contributed by atoms with Crippen LogP contribution in [-0.4, -0.2) is 29.6 Å². The molecule has 2 aromatic rings. The van der Waals surface area contributed by atoms with Gasteiger partial charge in [-0.3, -0.25) is 4.79 Å². The van der Waals surface area contributed by atoms with Crippen molar-refractivity contribution >= 4 is 5.78 Å². The molecule has 2 rings (SSSR count). The first-order chi connectivity index (χ1) is 12.8. The number of aryl methyl sites for hydroxylation is 3. The molecule has 0 aliphatic carbocycles. The van der Waals surface area contributed by atoms with Crippen LogP contribution in [0.1, 0.15) is 52.4 Å². The monoisotopic (exact) mass is 369 g/mol. The summed E-state index contributed by atoms with van der Waals surface area (Å²) >= 11 is 0. The third-order valence-electron chi connectivity index (χ3n) is 4.78. The van der Waals surface area contributed by atoms with Gasteiger partial charge in [0.25, 0.3) is 0 Å². The molecule has 2 aromatic carbocycles. The lowest BCUT2D eigenvalue weighted by Gasteiger charge is -2.21. The Kier molecular flexibility index (Phi) is 7.72. The molecule has 27 heavy (non-hydrogen) atoms. The molecule has 0 aliphatic heterocycles. The van der Waals surface area contributed by atoms with Crippen LogP contribution < -0.4 is 5.73 Å². The minimum absolute atomic E-state index is 0.122. The zero-order valence-corrected chi connectivity index (χ0v) is 16.6. The van der Waals surface area contributed by atoms with Gasteiger partial charge in [0, 0.05) is 12.0 Å². The smallest absolute Gasteiger partial charge is 0.162 e. The Morgan fingerprint density at radius 1 is 1.07 bits per heavy atom. The van der Waals surface area contributed by atoms with Crippen LogP contribution in [0.4, 0.5) is 0 Å². The maximum Gasteiger partial charge on any atom is 0.162 e. The van der Waals surface area contributed by atoms with Crippen molar-refractivity contribution in [2.24, 2.45) is 5.73 Å². The molecule has 1 atom stereocenters. The van der Waals surface area contributed by atoms with Gasteiger partial charge in [0.2, 0.25) is 0 Å². The second-order valence-electron chi connectivity index (χ2n) is 7.70. The van der Waals surface area contributed by atoms with Crippen molar-refractivity contribution in [3.8, 4) is 0 Å². The highest BCUT2D eigenvalue weighted by Gasteiger charge is 2.17. The van der Waals surface area contributed by atoms with Crippen LogP contribution in [0.25, 0.3) is 0 Å².